The van der Waals surface area contributed by atoms with Crippen LogP contribution in [0.3, 0.4) is 0 Å². The lowest BCUT2D eigenvalue weighted by Crippen LogP contribution is -2.48. The fourth-order valence-corrected chi connectivity index (χ4v) is 4.29. The number of nitrogens with two attached hydrogens (primary N) is 1. The predicted molar refractivity (Wildman–Crippen MR) is 85.0 cm³/mol. The van der Waals surface area contributed by atoms with Crippen molar-refractivity contribution < 1.29 is 47.0 Å². The third-order valence-corrected chi connectivity index (χ3v) is 5.96. The van der Waals surface area contributed by atoms with E-state index < -0.39 is 46.9 Å². The molecule has 0 aliphatic carbocycles. The molecule has 152 valence electrons. The van der Waals surface area contributed by atoms with Gasteiger partial charge in [-0.05, 0) is 0 Å². The van der Waals surface area contributed by atoms with Crippen LogP contribution in [-0.2, 0) is 22.7 Å². The van der Waals surface area contributed by atoms with Crippen molar-refractivity contribution in [1.29, 1.82) is 0 Å². The second kappa shape index (κ2) is 7.20. The van der Waals surface area contributed by atoms with Gasteiger partial charge in [0, 0.05) is 6.42 Å². The number of phosphoric ester groups is 1. The molecule has 6 N–H and O–H groups in total. The smallest absolute Gasteiger partial charge is 0.390 e. The Labute approximate surface area is 151 Å². The Morgan fingerprint density at radius 2 is 2.04 bits per heavy atom. The van der Waals surface area contributed by atoms with Gasteiger partial charge in [0.05, 0.1) is 19.0 Å². The molecule has 3 aliphatic rings. The maximum Gasteiger partial charge on any atom is 0.481 e. The Bertz CT molecular complexity index is 787. The lowest BCUT2D eigenvalue weighted by atomic mass is 10.2. The second-order valence-electron chi connectivity index (χ2n) is 5.69. The van der Waals surface area contributed by atoms with Crippen molar-refractivity contribution in [2.45, 2.75) is 31.0 Å². The zero-order valence-corrected chi connectivity index (χ0v) is 15.1. The van der Waals surface area contributed by atoms with Crippen LogP contribution in [0.2, 0.25) is 0 Å². The Kier molecular flexibility index (Phi) is 5.42. The van der Waals surface area contributed by atoms with Gasteiger partial charge in [-0.3, -0.25) is 4.52 Å². The Balaban J connectivity index is 1.62. The molecule has 0 bridgehead atoms. The Morgan fingerprint density at radius 1 is 1.33 bits per heavy atom. The first kappa shape index (κ1) is 20.3. The van der Waals surface area contributed by atoms with Crippen LogP contribution in [0.4, 0.5) is 4.48 Å². The number of phosphoric acid groups is 2. The predicted octanol–water partition coefficient (Wildman–Crippen LogP) is -1.29. The van der Waals surface area contributed by atoms with Crippen molar-refractivity contribution in [2.24, 2.45) is 15.7 Å². The summed E-state index contributed by atoms with van der Waals surface area (Å²) in [5.74, 6) is 0.0156. The van der Waals surface area contributed by atoms with Crippen molar-refractivity contribution >= 4 is 28.3 Å². The summed E-state index contributed by atoms with van der Waals surface area (Å²) < 4.78 is 49.7. The van der Waals surface area contributed by atoms with Gasteiger partial charge in [0.1, 0.15) is 24.4 Å². The van der Waals surface area contributed by atoms with Crippen molar-refractivity contribution in [1.82, 2.24) is 10.0 Å². The molecule has 1 fully saturated rings. The summed E-state index contributed by atoms with van der Waals surface area (Å²) in [5.41, 5.74) is 5.79. The van der Waals surface area contributed by atoms with Crippen LogP contribution in [0.15, 0.2) is 21.5 Å². The summed E-state index contributed by atoms with van der Waals surface area (Å²) >= 11 is 0. The summed E-state index contributed by atoms with van der Waals surface area (Å²) in [6.45, 7) is -0.716. The third-order valence-electron chi connectivity index (χ3n) is 3.81. The van der Waals surface area contributed by atoms with Gasteiger partial charge >= 0.3 is 15.6 Å². The van der Waals surface area contributed by atoms with Crippen molar-refractivity contribution in [3.05, 3.63) is 11.5 Å². The number of nitrogens with zero attached hydrogens (tertiary/aromatic N) is 4. The molecule has 0 radical (unpaired) electrons. The third kappa shape index (κ3) is 4.54. The van der Waals surface area contributed by atoms with Crippen LogP contribution < -0.4 is 5.73 Å². The van der Waals surface area contributed by atoms with Crippen LogP contribution >= 0.6 is 15.6 Å². The molecule has 0 aromatic rings. The zero-order valence-electron chi connectivity index (χ0n) is 13.3. The molecule has 14 nitrogen and oxygen atoms in total. The van der Waals surface area contributed by atoms with Crippen molar-refractivity contribution in [2.75, 3.05) is 6.61 Å². The normalized spacial score (nSPS) is 32.9. The zero-order chi connectivity index (χ0) is 20.0. The lowest BCUT2D eigenvalue weighted by molar-refractivity contribution is -0.0883. The van der Waals surface area contributed by atoms with E-state index in [4.69, 9.17) is 20.3 Å². The highest BCUT2D eigenvalue weighted by atomic mass is 31.3. The van der Waals surface area contributed by atoms with Gasteiger partial charge in [-0.25, -0.2) is 19.1 Å². The Morgan fingerprint density at radius 3 is 2.70 bits per heavy atom. The number of halogens is 1. The number of aliphatic hydroxyl groups is 1. The van der Waals surface area contributed by atoms with E-state index in [-0.39, 0.29) is 23.1 Å². The molecule has 5 atom stereocenters. The van der Waals surface area contributed by atoms with E-state index >= 15 is 0 Å². The molecule has 3 aliphatic heterocycles. The highest BCUT2D eigenvalue weighted by molar-refractivity contribution is 7.60. The number of hydrogen-bond acceptors (Lipinski definition) is 11. The van der Waals surface area contributed by atoms with E-state index in [0.29, 0.717) is 0 Å². The van der Waals surface area contributed by atoms with Crippen LogP contribution in [0.1, 0.15) is 6.42 Å². The highest BCUT2D eigenvalue weighted by Gasteiger charge is 2.45. The average molecular weight is 431 g/mol. The number of aliphatic hydroxyl groups excluding tert-OH is 1. The molecule has 0 spiro atoms. The minimum Gasteiger partial charge on any atom is -0.390 e. The van der Waals surface area contributed by atoms with Gasteiger partial charge in [-0.2, -0.15) is 9.43 Å². The molecular weight excluding hydrogens is 415 g/mol. The first-order chi connectivity index (χ1) is 12.5. The average Bonchev–Trinajstić information content (AvgIpc) is 3.11. The molecular formula is C10H16FN5O9P2. The fourth-order valence-electron chi connectivity index (χ4n) is 2.70. The molecule has 17 heteroatoms. The minimum absolute atomic E-state index is 0.0156. The van der Waals surface area contributed by atoms with Crippen molar-refractivity contribution in [3.8, 4) is 0 Å². The summed E-state index contributed by atoms with van der Waals surface area (Å²) in [6, 6.07) is 0. The minimum atomic E-state index is -5.27. The molecule has 3 heterocycles. The van der Waals surface area contributed by atoms with E-state index in [1.54, 1.807) is 0 Å². The first-order valence-corrected chi connectivity index (χ1v) is 10.4. The second-order valence-corrected chi connectivity index (χ2v) is 8.52. The summed E-state index contributed by atoms with van der Waals surface area (Å²) in [6.07, 6.45) is -2.21. The van der Waals surface area contributed by atoms with Crippen LogP contribution in [-0.4, -0.2) is 73.7 Å². The molecule has 27 heavy (non-hydrogen) atoms. The number of aliphatic imine (C=N–C) groups is 2. The van der Waals surface area contributed by atoms with Gasteiger partial charge in [0.2, 0.25) is 0 Å². The molecule has 0 amide bonds. The first-order valence-electron chi connectivity index (χ1n) is 7.34. The standard InChI is InChI=1S/C10H16FN5O9P2/c11-16-4-14-9(12)8-10(16)15(3-13-8)7-1-5(17)6(24-7)2-23-27(21,22)25-26(18,19)20/h3-7,10,17H,1-2,12H2,(H,21,22)(H2,18,19,20)/t5-,6+,7+,10?/m0/s1. The summed E-state index contributed by atoms with van der Waals surface area (Å²) in [5, 5.41) is 10.3. The van der Waals surface area contributed by atoms with Crippen molar-refractivity contribution in [3.63, 3.8) is 0 Å². The monoisotopic (exact) mass is 431 g/mol. The Hall–Kier alpha value is -1.41. The number of ether oxygens (including phenoxy) is 1. The van der Waals surface area contributed by atoms with E-state index in [0.717, 1.165) is 6.34 Å². The topological polar surface area (TPSA) is 200 Å². The molecule has 0 saturated carbocycles. The molecule has 2 unspecified atom stereocenters. The van der Waals surface area contributed by atoms with E-state index in [9.17, 15) is 23.6 Å². The lowest BCUT2D eigenvalue weighted by Gasteiger charge is -2.33. The highest BCUT2D eigenvalue weighted by Crippen LogP contribution is 2.57. The van der Waals surface area contributed by atoms with Gasteiger partial charge in [-0.1, -0.05) is 4.48 Å². The number of rotatable bonds is 6. The molecule has 3 rings (SSSR count). The largest absolute Gasteiger partial charge is 0.481 e. The quantitative estimate of drug-likeness (QED) is 0.247. The maximum absolute atomic E-state index is 14.0. The van der Waals surface area contributed by atoms with Crippen LogP contribution in [0.25, 0.3) is 0 Å². The number of fused-ring (bicyclic) bond motifs is 1. The van der Waals surface area contributed by atoms with E-state index in [2.05, 4.69) is 18.8 Å². The van der Waals surface area contributed by atoms with Crippen LogP contribution in [0.5, 0.6) is 0 Å². The molecule has 0 aromatic carbocycles. The summed E-state index contributed by atoms with van der Waals surface area (Å²) in [4.78, 5) is 35.3. The van der Waals surface area contributed by atoms with E-state index in [1.165, 1.54) is 11.2 Å². The SMILES string of the molecule is NC1=C2N=CN([C@H]3C[C@H](O)[C@@H](COP(=O)(O)OP(=O)(O)O)O3)C2N(F)C=N1. The van der Waals surface area contributed by atoms with Crippen LogP contribution in [0, 0.1) is 0 Å². The molecule has 0 aromatic heterocycles. The maximum atomic E-state index is 14.0. The summed E-state index contributed by atoms with van der Waals surface area (Å²) in [7, 11) is -10.3. The van der Waals surface area contributed by atoms with Gasteiger partial charge < -0.3 is 35.2 Å². The van der Waals surface area contributed by atoms with Gasteiger partial charge in [0.25, 0.3) is 0 Å². The van der Waals surface area contributed by atoms with Gasteiger partial charge in [0.15, 0.2) is 12.0 Å². The fraction of sp³-hybridized carbons (Fsp3) is 0.600. The van der Waals surface area contributed by atoms with Gasteiger partial charge in [-0.15, -0.1) is 0 Å². The van der Waals surface area contributed by atoms with E-state index in [1.807, 2.05) is 0 Å². The number of hydrogen-bond donors (Lipinski definition) is 5. The molecule has 1 saturated heterocycles.